The Kier molecular flexibility index (Phi) is 5.50. The van der Waals surface area contributed by atoms with Gasteiger partial charge in [-0.25, -0.2) is 18.5 Å². The van der Waals surface area contributed by atoms with E-state index in [1.54, 1.807) is 6.33 Å². The molecule has 1 fully saturated rings. The number of H-pyrrole nitrogens is 1. The first-order valence-corrected chi connectivity index (χ1v) is 9.98. The fourth-order valence-electron chi connectivity index (χ4n) is 3.28. The number of hydrogen-bond donors (Lipinski definition) is 1. The number of aromatic nitrogens is 3. The maximum atomic E-state index is 12.3. The molecule has 24 heavy (non-hydrogen) atoms. The second-order valence-corrected chi connectivity index (χ2v) is 8.33. The summed E-state index contributed by atoms with van der Waals surface area (Å²) in [6.07, 6.45) is 7.93. The van der Waals surface area contributed by atoms with E-state index >= 15 is 0 Å². The standard InChI is InChI=1S/C17H27N5OS/c1-4-5-8-21(2)24(23)11-13-9-14(10-13)22(3)17-15-6-7-18-16(15)19-12-20-17/h6-7,12-14H,4-5,8-11H2,1-3H3,(H,18,19,20). The number of unbranched alkanes of at least 4 members (excludes halogenated alkanes) is 1. The monoisotopic (exact) mass is 349 g/mol. The maximum absolute atomic E-state index is 12.3. The third kappa shape index (κ3) is 3.62. The number of fused-ring (bicyclic) bond motifs is 1. The summed E-state index contributed by atoms with van der Waals surface area (Å²) in [4.78, 5) is 14.1. The highest BCUT2D eigenvalue weighted by molar-refractivity contribution is 7.82. The van der Waals surface area contributed by atoms with Gasteiger partial charge in [-0.3, -0.25) is 0 Å². The molecule has 0 saturated heterocycles. The van der Waals surface area contributed by atoms with Crippen LogP contribution in [0.3, 0.4) is 0 Å². The lowest BCUT2D eigenvalue weighted by atomic mass is 9.81. The van der Waals surface area contributed by atoms with Gasteiger partial charge in [0.2, 0.25) is 0 Å². The molecule has 0 amide bonds. The van der Waals surface area contributed by atoms with E-state index < -0.39 is 11.0 Å². The Morgan fingerprint density at radius 1 is 1.33 bits per heavy atom. The molecule has 7 heteroatoms. The van der Waals surface area contributed by atoms with Crippen molar-refractivity contribution in [2.75, 3.05) is 31.3 Å². The summed E-state index contributed by atoms with van der Waals surface area (Å²) in [5, 5.41) is 1.06. The van der Waals surface area contributed by atoms with Crippen LogP contribution in [0.2, 0.25) is 0 Å². The van der Waals surface area contributed by atoms with Gasteiger partial charge in [0, 0.05) is 31.6 Å². The lowest BCUT2D eigenvalue weighted by Crippen LogP contribution is -2.45. The minimum Gasteiger partial charge on any atom is -0.356 e. The van der Waals surface area contributed by atoms with Crippen LogP contribution in [-0.4, -0.2) is 55.9 Å². The Labute approximate surface area is 146 Å². The molecule has 6 nitrogen and oxygen atoms in total. The fraction of sp³-hybridized carbons (Fsp3) is 0.647. The first-order valence-electron chi connectivity index (χ1n) is 8.70. The molecule has 3 rings (SSSR count). The Morgan fingerprint density at radius 3 is 2.88 bits per heavy atom. The summed E-state index contributed by atoms with van der Waals surface area (Å²) in [7, 11) is 3.22. The van der Waals surface area contributed by atoms with Crippen LogP contribution in [0.5, 0.6) is 0 Å². The molecular formula is C17H27N5OS. The lowest BCUT2D eigenvalue weighted by Gasteiger charge is -2.42. The summed E-state index contributed by atoms with van der Waals surface area (Å²) < 4.78 is 14.3. The zero-order valence-corrected chi connectivity index (χ0v) is 15.6. The third-order valence-corrected chi connectivity index (χ3v) is 6.61. The summed E-state index contributed by atoms with van der Waals surface area (Å²) in [6, 6.07) is 2.50. The third-order valence-electron chi connectivity index (χ3n) is 4.98. The first-order chi connectivity index (χ1) is 11.6. The van der Waals surface area contributed by atoms with Crippen LogP contribution in [0, 0.1) is 5.92 Å². The van der Waals surface area contributed by atoms with Gasteiger partial charge in [0.1, 0.15) is 17.8 Å². The Balaban J connectivity index is 1.53. The van der Waals surface area contributed by atoms with Gasteiger partial charge in [-0.2, -0.15) is 0 Å². The van der Waals surface area contributed by atoms with Gasteiger partial charge in [-0.15, -0.1) is 0 Å². The van der Waals surface area contributed by atoms with E-state index in [2.05, 4.69) is 33.8 Å². The maximum Gasteiger partial charge on any atom is 0.142 e. The largest absolute Gasteiger partial charge is 0.356 e. The number of nitrogens with one attached hydrogen (secondary N) is 1. The van der Waals surface area contributed by atoms with Crippen molar-refractivity contribution in [1.82, 2.24) is 19.3 Å². The van der Waals surface area contributed by atoms with Crippen molar-refractivity contribution >= 4 is 27.8 Å². The zero-order valence-electron chi connectivity index (χ0n) is 14.7. The van der Waals surface area contributed by atoms with Crippen LogP contribution >= 0.6 is 0 Å². The molecule has 0 spiro atoms. The van der Waals surface area contributed by atoms with Gasteiger partial charge in [-0.1, -0.05) is 13.3 Å². The molecule has 2 aromatic heterocycles. The predicted octanol–water partition coefficient (Wildman–Crippen LogP) is 2.57. The molecule has 1 saturated carbocycles. The van der Waals surface area contributed by atoms with Crippen molar-refractivity contribution in [2.24, 2.45) is 5.92 Å². The average Bonchev–Trinajstić information content (AvgIpc) is 3.03. The van der Waals surface area contributed by atoms with Crippen LogP contribution in [0.15, 0.2) is 18.6 Å². The van der Waals surface area contributed by atoms with Gasteiger partial charge in [0.15, 0.2) is 0 Å². The van der Waals surface area contributed by atoms with E-state index in [0.717, 1.165) is 54.8 Å². The number of anilines is 1. The van der Waals surface area contributed by atoms with Crippen molar-refractivity contribution < 1.29 is 4.21 Å². The Hall–Kier alpha value is -1.47. The molecular weight excluding hydrogens is 322 g/mol. The van der Waals surface area contributed by atoms with Gasteiger partial charge < -0.3 is 9.88 Å². The van der Waals surface area contributed by atoms with Crippen molar-refractivity contribution in [1.29, 1.82) is 0 Å². The molecule has 1 N–H and O–H groups in total. The van der Waals surface area contributed by atoms with Crippen LogP contribution in [0.1, 0.15) is 32.6 Å². The molecule has 2 aromatic rings. The SMILES string of the molecule is CCCCN(C)S(=O)CC1CC(N(C)c2ncnc3[nH]ccc23)C1. The number of rotatable bonds is 8. The number of nitrogens with zero attached hydrogens (tertiary/aromatic N) is 4. The van der Waals surface area contributed by atoms with Crippen molar-refractivity contribution in [3.8, 4) is 0 Å². The molecule has 1 aliphatic carbocycles. The minimum atomic E-state index is -0.849. The van der Waals surface area contributed by atoms with E-state index in [0.29, 0.717) is 12.0 Å². The van der Waals surface area contributed by atoms with Crippen LogP contribution in [0.25, 0.3) is 11.0 Å². The average molecular weight is 350 g/mol. The molecule has 1 aliphatic rings. The zero-order chi connectivity index (χ0) is 17.1. The normalized spacial score (nSPS) is 21.8. The quantitative estimate of drug-likeness (QED) is 0.795. The van der Waals surface area contributed by atoms with Gasteiger partial charge in [0.05, 0.1) is 16.4 Å². The molecule has 1 unspecified atom stereocenters. The Bertz CT molecular complexity index is 697. The van der Waals surface area contributed by atoms with E-state index in [1.807, 2.05) is 23.6 Å². The highest BCUT2D eigenvalue weighted by Crippen LogP contribution is 2.35. The van der Waals surface area contributed by atoms with Gasteiger partial charge >= 0.3 is 0 Å². The first kappa shape index (κ1) is 17.4. The summed E-state index contributed by atoms with van der Waals surface area (Å²) >= 11 is 0. The predicted molar refractivity (Wildman–Crippen MR) is 99.4 cm³/mol. The van der Waals surface area contributed by atoms with E-state index in [1.165, 1.54) is 0 Å². The van der Waals surface area contributed by atoms with Gasteiger partial charge in [0.25, 0.3) is 0 Å². The summed E-state index contributed by atoms with van der Waals surface area (Å²) in [5.41, 5.74) is 0.876. The lowest BCUT2D eigenvalue weighted by molar-refractivity contribution is 0.282. The second-order valence-electron chi connectivity index (χ2n) is 6.73. The smallest absolute Gasteiger partial charge is 0.142 e. The molecule has 0 radical (unpaired) electrons. The molecule has 0 aromatic carbocycles. The van der Waals surface area contributed by atoms with E-state index in [4.69, 9.17) is 0 Å². The highest BCUT2D eigenvalue weighted by atomic mass is 32.2. The van der Waals surface area contributed by atoms with Crippen LogP contribution < -0.4 is 4.90 Å². The second kappa shape index (κ2) is 7.61. The van der Waals surface area contributed by atoms with E-state index in [9.17, 15) is 4.21 Å². The number of hydrogen-bond acceptors (Lipinski definition) is 4. The summed E-state index contributed by atoms with van der Waals surface area (Å²) in [6.45, 7) is 3.09. The van der Waals surface area contributed by atoms with Crippen LogP contribution in [-0.2, 0) is 11.0 Å². The van der Waals surface area contributed by atoms with Gasteiger partial charge in [-0.05, 0) is 38.3 Å². The minimum absolute atomic E-state index is 0.473. The topological polar surface area (TPSA) is 65.1 Å². The summed E-state index contributed by atoms with van der Waals surface area (Å²) in [5.74, 6) is 2.31. The van der Waals surface area contributed by atoms with Crippen molar-refractivity contribution in [2.45, 2.75) is 38.6 Å². The molecule has 2 heterocycles. The van der Waals surface area contributed by atoms with Crippen LogP contribution in [0.4, 0.5) is 5.82 Å². The molecule has 0 aliphatic heterocycles. The van der Waals surface area contributed by atoms with Crippen molar-refractivity contribution in [3.63, 3.8) is 0 Å². The molecule has 1 atom stereocenters. The fourth-order valence-corrected chi connectivity index (χ4v) is 4.54. The highest BCUT2D eigenvalue weighted by Gasteiger charge is 2.34. The Morgan fingerprint density at radius 2 is 2.12 bits per heavy atom. The molecule has 0 bridgehead atoms. The van der Waals surface area contributed by atoms with Crippen molar-refractivity contribution in [3.05, 3.63) is 18.6 Å². The number of aromatic amines is 1. The molecule has 132 valence electrons. The van der Waals surface area contributed by atoms with E-state index in [-0.39, 0.29) is 0 Å².